The largest absolute Gasteiger partial charge is 0.348 e. The number of thiazole rings is 1. The van der Waals surface area contributed by atoms with Gasteiger partial charge in [-0.1, -0.05) is 11.3 Å². The van der Waals surface area contributed by atoms with Gasteiger partial charge in [0.15, 0.2) is 5.13 Å². The molecule has 0 saturated carbocycles. The monoisotopic (exact) mass is 383 g/mol. The van der Waals surface area contributed by atoms with Gasteiger partial charge < -0.3 is 15.5 Å². The van der Waals surface area contributed by atoms with Crippen molar-refractivity contribution in [2.75, 3.05) is 29.9 Å². The van der Waals surface area contributed by atoms with Crippen LogP contribution in [0.15, 0.2) is 42.0 Å². The predicted molar refractivity (Wildman–Crippen MR) is 106 cm³/mol. The molecule has 1 fully saturated rings. The van der Waals surface area contributed by atoms with Gasteiger partial charge in [-0.2, -0.15) is 0 Å². The van der Waals surface area contributed by atoms with E-state index in [0.717, 1.165) is 36.0 Å². The molecule has 0 atom stereocenters. The smallest absolute Gasteiger partial charge is 0.319 e. The number of benzene rings is 1. The van der Waals surface area contributed by atoms with Crippen LogP contribution in [0.1, 0.15) is 18.5 Å². The van der Waals surface area contributed by atoms with Crippen molar-refractivity contribution >= 4 is 28.2 Å². The highest BCUT2D eigenvalue weighted by Gasteiger charge is 2.15. The first kappa shape index (κ1) is 17.5. The molecular formula is C18H21N7OS. The molecule has 8 nitrogen and oxygen atoms in total. The summed E-state index contributed by atoms with van der Waals surface area (Å²) in [7, 11) is 0. The third kappa shape index (κ3) is 4.43. The Balaban J connectivity index is 1.26. The summed E-state index contributed by atoms with van der Waals surface area (Å²) < 4.78 is 1.64. The summed E-state index contributed by atoms with van der Waals surface area (Å²) in [4.78, 5) is 19.1. The maximum absolute atomic E-state index is 12.1. The van der Waals surface area contributed by atoms with E-state index in [0.29, 0.717) is 12.2 Å². The van der Waals surface area contributed by atoms with Gasteiger partial charge >= 0.3 is 6.03 Å². The Kier molecular flexibility index (Phi) is 5.29. The summed E-state index contributed by atoms with van der Waals surface area (Å²) in [6.07, 6.45) is 6.57. The van der Waals surface area contributed by atoms with E-state index in [9.17, 15) is 4.79 Å². The van der Waals surface area contributed by atoms with Crippen LogP contribution in [0, 0.1) is 0 Å². The average molecular weight is 383 g/mol. The number of aromatic nitrogens is 4. The minimum Gasteiger partial charge on any atom is -0.348 e. The highest BCUT2D eigenvalue weighted by Crippen LogP contribution is 2.24. The lowest BCUT2D eigenvalue weighted by atomic mass is 10.3. The van der Waals surface area contributed by atoms with E-state index >= 15 is 0 Å². The summed E-state index contributed by atoms with van der Waals surface area (Å²) in [5, 5.41) is 16.6. The lowest BCUT2D eigenvalue weighted by Gasteiger charge is -2.12. The van der Waals surface area contributed by atoms with Gasteiger partial charge in [-0.3, -0.25) is 0 Å². The van der Waals surface area contributed by atoms with Gasteiger partial charge in [-0.05, 0) is 31.0 Å². The Hall–Kier alpha value is -2.94. The third-order valence-corrected chi connectivity index (χ3v) is 5.32. The van der Waals surface area contributed by atoms with Gasteiger partial charge in [-0.15, -0.1) is 16.4 Å². The molecule has 0 spiro atoms. The zero-order chi connectivity index (χ0) is 18.5. The molecule has 1 saturated heterocycles. The van der Waals surface area contributed by atoms with E-state index in [2.05, 4.69) is 36.2 Å². The highest BCUT2D eigenvalue weighted by molar-refractivity contribution is 7.13. The number of hydrogen-bond donors (Lipinski definition) is 2. The SMILES string of the molecule is O=C(NCCc1csc(N2CCCC2)n1)Nc1cccc(-n2ccnn2)c1. The molecule has 140 valence electrons. The van der Waals surface area contributed by atoms with Crippen LogP contribution in [0.5, 0.6) is 0 Å². The van der Waals surface area contributed by atoms with Gasteiger partial charge in [0.1, 0.15) is 0 Å². The first-order valence-corrected chi connectivity index (χ1v) is 9.87. The molecule has 0 radical (unpaired) electrons. The van der Waals surface area contributed by atoms with E-state index in [-0.39, 0.29) is 6.03 Å². The van der Waals surface area contributed by atoms with Gasteiger partial charge in [0, 0.05) is 37.1 Å². The number of hydrogen-bond acceptors (Lipinski definition) is 6. The molecule has 0 bridgehead atoms. The predicted octanol–water partition coefficient (Wildman–Crippen LogP) is 2.69. The molecule has 1 aromatic carbocycles. The zero-order valence-corrected chi connectivity index (χ0v) is 15.7. The molecule has 2 amide bonds. The highest BCUT2D eigenvalue weighted by atomic mass is 32.1. The molecule has 3 heterocycles. The molecule has 4 rings (SSSR count). The molecule has 0 aliphatic carbocycles. The van der Waals surface area contributed by atoms with Crippen molar-refractivity contribution in [2.45, 2.75) is 19.3 Å². The lowest BCUT2D eigenvalue weighted by Crippen LogP contribution is -2.30. The maximum Gasteiger partial charge on any atom is 0.319 e. The second-order valence-electron chi connectivity index (χ2n) is 6.34. The molecule has 0 unspecified atom stereocenters. The van der Waals surface area contributed by atoms with Crippen LogP contribution in [0.3, 0.4) is 0 Å². The molecular weight excluding hydrogens is 362 g/mol. The summed E-state index contributed by atoms with van der Waals surface area (Å²) >= 11 is 1.68. The second-order valence-corrected chi connectivity index (χ2v) is 7.18. The molecule has 9 heteroatoms. The molecule has 1 aliphatic heterocycles. The van der Waals surface area contributed by atoms with Crippen LogP contribution >= 0.6 is 11.3 Å². The van der Waals surface area contributed by atoms with E-state index in [1.54, 1.807) is 28.4 Å². The molecule has 1 aliphatic rings. The Morgan fingerprint density at radius 1 is 1.26 bits per heavy atom. The summed E-state index contributed by atoms with van der Waals surface area (Å²) in [6, 6.07) is 7.21. The first-order valence-electron chi connectivity index (χ1n) is 8.99. The quantitative estimate of drug-likeness (QED) is 0.683. The van der Waals surface area contributed by atoms with Crippen LogP contribution in [0.25, 0.3) is 5.69 Å². The van der Waals surface area contributed by atoms with Crippen molar-refractivity contribution in [1.29, 1.82) is 0 Å². The molecule has 27 heavy (non-hydrogen) atoms. The van der Waals surface area contributed by atoms with Crippen molar-refractivity contribution in [3.8, 4) is 5.69 Å². The minimum absolute atomic E-state index is 0.235. The van der Waals surface area contributed by atoms with E-state index < -0.39 is 0 Å². The van der Waals surface area contributed by atoms with Crippen molar-refractivity contribution in [2.24, 2.45) is 0 Å². The van der Waals surface area contributed by atoms with Crippen LogP contribution in [-0.2, 0) is 6.42 Å². The molecule has 2 aromatic heterocycles. The Morgan fingerprint density at radius 3 is 2.96 bits per heavy atom. The van der Waals surface area contributed by atoms with Gasteiger partial charge in [-0.25, -0.2) is 14.5 Å². The number of carbonyl (C=O) groups is 1. The van der Waals surface area contributed by atoms with E-state index in [1.165, 1.54) is 12.8 Å². The fourth-order valence-electron chi connectivity index (χ4n) is 3.02. The van der Waals surface area contributed by atoms with Crippen molar-refractivity contribution < 1.29 is 4.79 Å². The maximum atomic E-state index is 12.1. The van der Waals surface area contributed by atoms with E-state index in [1.807, 2.05) is 24.3 Å². The fraction of sp³-hybridized carbons (Fsp3) is 0.333. The Labute approximate surface area is 161 Å². The fourth-order valence-corrected chi connectivity index (χ4v) is 3.93. The van der Waals surface area contributed by atoms with Crippen LogP contribution < -0.4 is 15.5 Å². The van der Waals surface area contributed by atoms with Gasteiger partial charge in [0.05, 0.1) is 23.8 Å². The van der Waals surface area contributed by atoms with Gasteiger partial charge in [0.2, 0.25) is 0 Å². The number of rotatable bonds is 6. The van der Waals surface area contributed by atoms with Crippen molar-refractivity contribution in [3.05, 3.63) is 47.7 Å². The normalized spacial score (nSPS) is 13.7. The number of nitrogens with one attached hydrogen (secondary N) is 2. The van der Waals surface area contributed by atoms with Crippen LogP contribution in [0.4, 0.5) is 15.6 Å². The first-order chi connectivity index (χ1) is 13.3. The topological polar surface area (TPSA) is 88.0 Å². The molecule has 3 aromatic rings. The second kappa shape index (κ2) is 8.17. The zero-order valence-electron chi connectivity index (χ0n) is 14.8. The van der Waals surface area contributed by atoms with Crippen molar-refractivity contribution in [3.63, 3.8) is 0 Å². The third-order valence-electron chi connectivity index (χ3n) is 4.37. The number of amides is 2. The number of carbonyl (C=O) groups excluding carboxylic acids is 1. The average Bonchev–Trinajstić information content (AvgIpc) is 3.43. The molecule has 2 N–H and O–H groups in total. The number of urea groups is 1. The van der Waals surface area contributed by atoms with Crippen molar-refractivity contribution in [1.82, 2.24) is 25.3 Å². The van der Waals surface area contributed by atoms with E-state index in [4.69, 9.17) is 0 Å². The lowest BCUT2D eigenvalue weighted by molar-refractivity contribution is 0.252. The summed E-state index contributed by atoms with van der Waals surface area (Å²) in [6.45, 7) is 2.74. The summed E-state index contributed by atoms with van der Waals surface area (Å²) in [5.41, 5.74) is 2.56. The van der Waals surface area contributed by atoms with Gasteiger partial charge in [0.25, 0.3) is 0 Å². The standard InChI is InChI=1S/C18H21N7OS/c26-17(21-14-4-3-5-16(12-14)25-11-8-20-23-25)19-7-6-15-13-27-18(22-15)24-9-1-2-10-24/h3-5,8,11-13H,1-2,6-7,9-10H2,(H2,19,21,26). The van der Waals surface area contributed by atoms with Crippen LogP contribution in [-0.4, -0.2) is 45.6 Å². The number of nitrogens with zero attached hydrogens (tertiary/aromatic N) is 5. The van der Waals surface area contributed by atoms with Crippen LogP contribution in [0.2, 0.25) is 0 Å². The minimum atomic E-state index is -0.235. The number of anilines is 2. The summed E-state index contributed by atoms with van der Waals surface area (Å²) in [5.74, 6) is 0. The Morgan fingerprint density at radius 2 is 2.15 bits per heavy atom. The Bertz CT molecular complexity index is 887.